The normalized spacial score (nSPS) is 20.4. The van der Waals surface area contributed by atoms with Crippen LogP contribution in [-0.4, -0.2) is 104 Å². The van der Waals surface area contributed by atoms with Gasteiger partial charge >= 0.3 is 5.97 Å². The molecule has 4 unspecified atom stereocenters. The second kappa shape index (κ2) is 16.0. The number of hydrogen-bond acceptors (Lipinski definition) is 9. The molecule has 9 N–H and O–H groups in total. The van der Waals surface area contributed by atoms with E-state index in [0.717, 1.165) is 0 Å². The van der Waals surface area contributed by atoms with Crippen LogP contribution in [0.15, 0.2) is 0 Å². The molecular weight excluding hydrogens is 536 g/mol. The molecule has 1 rings (SSSR count). The molecule has 0 spiro atoms. The minimum absolute atomic E-state index is 0.0115. The number of carbonyl (C=O) groups is 5. The first-order valence-electron chi connectivity index (χ1n) is 14.1. The zero-order valence-electron chi connectivity index (χ0n) is 25.3. The van der Waals surface area contributed by atoms with Gasteiger partial charge in [0.1, 0.15) is 12.3 Å². The molecule has 0 aliphatic carbocycles. The summed E-state index contributed by atoms with van der Waals surface area (Å²) in [6, 6.07) is -4.64. The first kappa shape index (κ1) is 36.2. The minimum atomic E-state index is -1.48. The van der Waals surface area contributed by atoms with Gasteiger partial charge in [-0.3, -0.25) is 34.2 Å². The van der Waals surface area contributed by atoms with E-state index in [4.69, 9.17) is 10.8 Å². The van der Waals surface area contributed by atoms with Crippen LogP contribution >= 0.6 is 0 Å². The van der Waals surface area contributed by atoms with Gasteiger partial charge in [0, 0.05) is 5.54 Å². The molecule has 7 atom stereocenters. The van der Waals surface area contributed by atoms with Gasteiger partial charge in [0.25, 0.3) is 0 Å². The lowest BCUT2D eigenvalue weighted by molar-refractivity contribution is -0.140. The Morgan fingerprint density at radius 1 is 1.00 bits per heavy atom. The molecule has 1 heterocycles. The van der Waals surface area contributed by atoms with Crippen LogP contribution in [0, 0.1) is 5.92 Å². The quantitative estimate of drug-likeness (QED) is 0.101. The summed E-state index contributed by atoms with van der Waals surface area (Å²) in [7, 11) is 0. The Morgan fingerprint density at radius 3 is 2.10 bits per heavy atom. The van der Waals surface area contributed by atoms with Crippen molar-refractivity contribution in [3.8, 4) is 0 Å². The SMILES string of the molecule is CC(C)C[C@H](NC(=O)C1CCCN1C(C(=O)NC(C)(C)C)[C@H](C)NC(=O)CC(C)O)C(O)N[C@@H](CC(=O)O)C(N)=O. The van der Waals surface area contributed by atoms with Gasteiger partial charge in [0.15, 0.2) is 0 Å². The number of likely N-dealkylation sites (tertiary alicyclic amines) is 1. The van der Waals surface area contributed by atoms with E-state index in [-0.39, 0.29) is 18.2 Å². The molecule has 1 saturated heterocycles. The number of carboxylic acids is 1. The molecule has 0 aromatic rings. The lowest BCUT2D eigenvalue weighted by Gasteiger charge is -2.38. The highest BCUT2D eigenvalue weighted by Gasteiger charge is 2.43. The molecule has 1 aliphatic heterocycles. The summed E-state index contributed by atoms with van der Waals surface area (Å²) in [5.41, 5.74) is 4.71. The maximum atomic E-state index is 13.6. The predicted octanol–water partition coefficient (Wildman–Crippen LogP) is -1.22. The fraction of sp³-hybridized carbons (Fsp3) is 0.815. The van der Waals surface area contributed by atoms with E-state index in [1.54, 1.807) is 11.8 Å². The fourth-order valence-electron chi connectivity index (χ4n) is 4.96. The monoisotopic (exact) mass is 586 g/mol. The van der Waals surface area contributed by atoms with E-state index in [2.05, 4.69) is 21.3 Å². The topological polar surface area (TPSA) is 223 Å². The van der Waals surface area contributed by atoms with Crippen LogP contribution in [-0.2, 0) is 24.0 Å². The average Bonchev–Trinajstić information content (AvgIpc) is 3.24. The molecule has 1 aliphatic rings. The van der Waals surface area contributed by atoms with Crippen molar-refractivity contribution < 1.29 is 39.3 Å². The summed E-state index contributed by atoms with van der Waals surface area (Å²) in [6.45, 7) is 12.8. The molecule has 1 fully saturated rings. The number of aliphatic hydroxyl groups excluding tert-OH is 2. The number of amides is 4. The van der Waals surface area contributed by atoms with Crippen LogP contribution in [0.1, 0.15) is 80.6 Å². The molecular formula is C27H50N6O8. The Morgan fingerprint density at radius 2 is 1.61 bits per heavy atom. The van der Waals surface area contributed by atoms with Crippen LogP contribution in [0.25, 0.3) is 0 Å². The van der Waals surface area contributed by atoms with Gasteiger partial charge in [0.2, 0.25) is 23.6 Å². The number of aliphatic carboxylic acids is 1. The van der Waals surface area contributed by atoms with Crippen LogP contribution in [0.4, 0.5) is 0 Å². The summed E-state index contributed by atoms with van der Waals surface area (Å²) in [5.74, 6) is -3.49. The molecule has 0 radical (unpaired) electrons. The Labute approximate surface area is 242 Å². The van der Waals surface area contributed by atoms with Gasteiger partial charge in [-0.1, -0.05) is 13.8 Å². The van der Waals surface area contributed by atoms with Crippen LogP contribution in [0.5, 0.6) is 0 Å². The summed E-state index contributed by atoms with van der Waals surface area (Å²) in [6.07, 6.45) is -1.81. The van der Waals surface area contributed by atoms with Crippen LogP contribution in [0.2, 0.25) is 0 Å². The maximum absolute atomic E-state index is 13.6. The molecule has 4 amide bonds. The van der Waals surface area contributed by atoms with E-state index >= 15 is 0 Å². The Hall–Kier alpha value is -2.81. The van der Waals surface area contributed by atoms with Gasteiger partial charge in [-0.25, -0.2) is 0 Å². The molecule has 14 nitrogen and oxygen atoms in total. The molecule has 0 aromatic carbocycles. The van der Waals surface area contributed by atoms with Crippen molar-refractivity contribution in [3.63, 3.8) is 0 Å². The highest BCUT2D eigenvalue weighted by molar-refractivity contribution is 5.88. The van der Waals surface area contributed by atoms with Gasteiger partial charge in [-0.05, 0) is 66.3 Å². The number of aliphatic hydroxyl groups is 2. The van der Waals surface area contributed by atoms with Crippen molar-refractivity contribution in [1.29, 1.82) is 0 Å². The first-order chi connectivity index (χ1) is 18.8. The molecule has 14 heteroatoms. The van der Waals surface area contributed by atoms with Crippen LogP contribution in [0.3, 0.4) is 0 Å². The zero-order chi connectivity index (χ0) is 31.7. The van der Waals surface area contributed by atoms with Gasteiger partial charge < -0.3 is 37.0 Å². The number of nitrogens with zero attached hydrogens (tertiary/aromatic N) is 1. The number of rotatable bonds is 16. The number of nitrogens with two attached hydrogens (primary N) is 1. The third kappa shape index (κ3) is 12.7. The summed E-state index contributed by atoms with van der Waals surface area (Å²) in [4.78, 5) is 64.1. The zero-order valence-corrected chi connectivity index (χ0v) is 25.3. The van der Waals surface area contributed by atoms with E-state index < -0.39 is 78.2 Å². The number of primary amides is 1. The van der Waals surface area contributed by atoms with E-state index in [9.17, 15) is 34.2 Å². The van der Waals surface area contributed by atoms with Crippen molar-refractivity contribution >= 4 is 29.6 Å². The average molecular weight is 587 g/mol. The number of carboxylic acid groups (broad SMARTS) is 1. The van der Waals surface area contributed by atoms with E-state index in [1.807, 2.05) is 34.6 Å². The molecule has 0 saturated carbocycles. The van der Waals surface area contributed by atoms with Crippen molar-refractivity contribution in [2.24, 2.45) is 11.7 Å². The van der Waals surface area contributed by atoms with Gasteiger partial charge in [-0.2, -0.15) is 0 Å². The Kier molecular flexibility index (Phi) is 14.1. The Balaban J connectivity index is 3.22. The molecule has 41 heavy (non-hydrogen) atoms. The van der Waals surface area contributed by atoms with E-state index in [1.165, 1.54) is 6.92 Å². The molecule has 0 aromatic heterocycles. The molecule has 0 bridgehead atoms. The number of hydrogen-bond donors (Lipinski definition) is 8. The van der Waals surface area contributed by atoms with Crippen molar-refractivity contribution in [1.82, 2.24) is 26.2 Å². The second-order valence-electron chi connectivity index (χ2n) is 12.4. The van der Waals surface area contributed by atoms with Crippen molar-refractivity contribution in [2.45, 2.75) is 129 Å². The number of nitrogens with one attached hydrogen (secondary N) is 4. The molecule has 236 valence electrons. The highest BCUT2D eigenvalue weighted by atomic mass is 16.4. The smallest absolute Gasteiger partial charge is 0.305 e. The van der Waals surface area contributed by atoms with Gasteiger partial charge in [-0.15, -0.1) is 0 Å². The van der Waals surface area contributed by atoms with Crippen molar-refractivity contribution in [3.05, 3.63) is 0 Å². The summed E-state index contributed by atoms with van der Waals surface area (Å²) < 4.78 is 0. The highest BCUT2D eigenvalue weighted by Crippen LogP contribution is 2.24. The lowest BCUT2D eigenvalue weighted by Crippen LogP contribution is -2.64. The van der Waals surface area contributed by atoms with Gasteiger partial charge in [0.05, 0.1) is 43.1 Å². The summed E-state index contributed by atoms with van der Waals surface area (Å²) >= 11 is 0. The third-order valence-electron chi connectivity index (χ3n) is 6.59. The maximum Gasteiger partial charge on any atom is 0.305 e. The first-order valence-corrected chi connectivity index (χ1v) is 14.1. The van der Waals surface area contributed by atoms with Crippen molar-refractivity contribution in [2.75, 3.05) is 6.54 Å². The van der Waals surface area contributed by atoms with E-state index in [0.29, 0.717) is 25.8 Å². The predicted molar refractivity (Wildman–Crippen MR) is 151 cm³/mol. The summed E-state index contributed by atoms with van der Waals surface area (Å²) in [5, 5.41) is 40.6. The van der Waals surface area contributed by atoms with Crippen LogP contribution < -0.4 is 27.0 Å². The Bertz CT molecular complexity index is 922. The third-order valence-corrected chi connectivity index (χ3v) is 6.59. The largest absolute Gasteiger partial charge is 0.481 e. The minimum Gasteiger partial charge on any atom is -0.481 e. The lowest BCUT2D eigenvalue weighted by atomic mass is 10.00. The number of carbonyl (C=O) groups excluding carboxylic acids is 4. The second-order valence-corrected chi connectivity index (χ2v) is 12.4. The standard InChI is InChI=1S/C27H50N6O8/c1-14(2)11-18(24(39)30-17(23(28)38)13-21(36)37)31-25(40)19-9-8-10-33(19)22(26(41)32-27(5,6)7)16(4)29-20(35)12-15(3)34/h14-19,22,24,30,34,39H,8-13H2,1-7H3,(H2,28,38)(H,29,35)(H,31,40)(H,32,41)(H,36,37)/t15?,16-,17-,18-,19?,22?,24?/m0/s1. The fourth-order valence-corrected chi connectivity index (χ4v) is 4.96.